The molecule has 156 valence electrons. The fraction of sp³-hybridized carbons (Fsp3) is 0.650. The van der Waals surface area contributed by atoms with Gasteiger partial charge < -0.3 is 10.2 Å². The van der Waals surface area contributed by atoms with Gasteiger partial charge in [0.1, 0.15) is 5.82 Å². The van der Waals surface area contributed by atoms with Crippen LogP contribution in [-0.4, -0.2) is 57.4 Å². The highest BCUT2D eigenvalue weighted by atomic mass is 32.2. The lowest BCUT2D eigenvalue weighted by atomic mass is 9.97. The van der Waals surface area contributed by atoms with Crippen molar-refractivity contribution >= 4 is 15.9 Å². The second kappa shape index (κ2) is 9.33. The van der Waals surface area contributed by atoms with Crippen LogP contribution in [0, 0.1) is 11.7 Å². The minimum absolute atomic E-state index is 0.0389. The van der Waals surface area contributed by atoms with Crippen molar-refractivity contribution in [2.75, 3.05) is 32.7 Å². The Morgan fingerprint density at radius 3 is 2.54 bits per heavy atom. The first-order chi connectivity index (χ1) is 13.4. The number of likely N-dealkylation sites (tertiary alicyclic amines) is 1. The molecule has 3 rings (SSSR count). The molecule has 0 spiro atoms. The number of benzene rings is 1. The molecule has 2 aliphatic heterocycles. The molecular formula is C20H31FN3O3S+. The van der Waals surface area contributed by atoms with E-state index >= 15 is 0 Å². The largest absolute Gasteiger partial charge is 0.353 e. The fourth-order valence-corrected chi connectivity index (χ4v) is 5.75. The van der Waals surface area contributed by atoms with Crippen LogP contribution in [0.3, 0.4) is 0 Å². The minimum Gasteiger partial charge on any atom is -0.353 e. The van der Waals surface area contributed by atoms with E-state index in [2.05, 4.69) is 12.2 Å². The average molecular weight is 413 g/mol. The number of carbonyl (C=O) groups excluding carboxylic acids is 1. The van der Waals surface area contributed by atoms with Crippen LogP contribution in [0.1, 0.15) is 39.0 Å². The van der Waals surface area contributed by atoms with Crippen LogP contribution in [0.15, 0.2) is 29.2 Å². The van der Waals surface area contributed by atoms with Gasteiger partial charge in [-0.15, -0.1) is 0 Å². The van der Waals surface area contributed by atoms with Crippen LogP contribution in [0.5, 0.6) is 0 Å². The summed E-state index contributed by atoms with van der Waals surface area (Å²) in [6.45, 7) is 6.10. The van der Waals surface area contributed by atoms with E-state index in [0.717, 1.165) is 38.1 Å². The molecule has 28 heavy (non-hydrogen) atoms. The first-order valence-corrected chi connectivity index (χ1v) is 11.7. The number of carbonyl (C=O) groups is 1. The Labute approximate surface area is 167 Å². The zero-order valence-corrected chi connectivity index (χ0v) is 17.3. The number of sulfonamides is 1. The Hall–Kier alpha value is -1.51. The van der Waals surface area contributed by atoms with Gasteiger partial charge in [0.05, 0.1) is 30.4 Å². The highest BCUT2D eigenvalue weighted by Crippen LogP contribution is 2.24. The Morgan fingerprint density at radius 1 is 1.21 bits per heavy atom. The standard InChI is InChI=1S/C20H30FN3O3S/c1-2-11-23-13-9-18(10-14-23)22-20(25)16-4-3-12-24(15-16)28(26,27)19-7-5-17(21)6-8-19/h5-8,16,18H,2-4,9-15H2,1H3,(H,22,25)/p+1/t16-/m1/s1. The van der Waals surface area contributed by atoms with E-state index < -0.39 is 15.8 Å². The molecule has 8 heteroatoms. The van der Waals surface area contributed by atoms with Crippen molar-refractivity contribution in [2.24, 2.45) is 5.92 Å². The predicted octanol–water partition coefficient (Wildman–Crippen LogP) is 0.800. The van der Waals surface area contributed by atoms with Crippen LogP contribution in [0.4, 0.5) is 4.39 Å². The first-order valence-electron chi connectivity index (χ1n) is 10.3. The molecule has 0 unspecified atom stereocenters. The van der Waals surface area contributed by atoms with Gasteiger partial charge in [0.25, 0.3) is 0 Å². The summed E-state index contributed by atoms with van der Waals surface area (Å²) in [5.74, 6) is -0.838. The maximum Gasteiger partial charge on any atom is 0.243 e. The van der Waals surface area contributed by atoms with Crippen LogP contribution < -0.4 is 10.2 Å². The van der Waals surface area contributed by atoms with E-state index in [-0.39, 0.29) is 29.3 Å². The van der Waals surface area contributed by atoms with Crippen molar-refractivity contribution in [1.29, 1.82) is 0 Å². The van der Waals surface area contributed by atoms with Gasteiger partial charge in [0.15, 0.2) is 0 Å². The van der Waals surface area contributed by atoms with E-state index in [1.807, 2.05) is 0 Å². The number of amides is 1. The number of rotatable bonds is 6. The zero-order chi connectivity index (χ0) is 20.1. The van der Waals surface area contributed by atoms with Gasteiger partial charge in [-0.05, 0) is 43.5 Å². The normalized spacial score (nSPS) is 26.7. The second-order valence-corrected chi connectivity index (χ2v) is 9.88. The van der Waals surface area contributed by atoms with E-state index in [4.69, 9.17) is 0 Å². The third-order valence-corrected chi connectivity index (χ3v) is 7.73. The van der Waals surface area contributed by atoms with Crippen molar-refractivity contribution in [2.45, 2.75) is 50.0 Å². The van der Waals surface area contributed by atoms with Gasteiger partial charge in [-0.3, -0.25) is 4.79 Å². The predicted molar refractivity (Wildman–Crippen MR) is 105 cm³/mol. The smallest absolute Gasteiger partial charge is 0.243 e. The number of nitrogens with zero attached hydrogens (tertiary/aromatic N) is 1. The molecule has 2 saturated heterocycles. The van der Waals surface area contributed by atoms with E-state index in [0.29, 0.717) is 19.4 Å². The molecule has 2 heterocycles. The Balaban J connectivity index is 1.57. The van der Waals surface area contributed by atoms with Gasteiger partial charge in [-0.25, -0.2) is 12.8 Å². The van der Waals surface area contributed by atoms with Gasteiger partial charge in [0, 0.05) is 32.0 Å². The molecule has 0 radical (unpaired) electrons. The number of piperidine rings is 2. The number of hydrogen-bond acceptors (Lipinski definition) is 3. The molecule has 0 bridgehead atoms. The molecule has 1 aromatic carbocycles. The van der Waals surface area contributed by atoms with Gasteiger partial charge in [0.2, 0.25) is 15.9 Å². The Morgan fingerprint density at radius 2 is 1.89 bits per heavy atom. The summed E-state index contributed by atoms with van der Waals surface area (Å²) >= 11 is 0. The molecule has 1 amide bonds. The highest BCUT2D eigenvalue weighted by Gasteiger charge is 2.34. The van der Waals surface area contributed by atoms with Gasteiger partial charge in [-0.1, -0.05) is 6.92 Å². The van der Waals surface area contributed by atoms with Crippen molar-refractivity contribution < 1.29 is 22.5 Å². The van der Waals surface area contributed by atoms with Crippen molar-refractivity contribution in [3.05, 3.63) is 30.1 Å². The second-order valence-electron chi connectivity index (χ2n) is 7.94. The lowest BCUT2D eigenvalue weighted by Gasteiger charge is -2.34. The fourth-order valence-electron chi connectivity index (χ4n) is 4.22. The average Bonchev–Trinajstić information content (AvgIpc) is 2.70. The summed E-state index contributed by atoms with van der Waals surface area (Å²) in [6.07, 6.45) is 4.47. The van der Waals surface area contributed by atoms with Crippen LogP contribution in [-0.2, 0) is 14.8 Å². The molecular weight excluding hydrogens is 381 g/mol. The van der Waals surface area contributed by atoms with Crippen LogP contribution in [0.25, 0.3) is 0 Å². The van der Waals surface area contributed by atoms with Crippen LogP contribution >= 0.6 is 0 Å². The van der Waals surface area contributed by atoms with E-state index in [9.17, 15) is 17.6 Å². The molecule has 1 aromatic rings. The highest BCUT2D eigenvalue weighted by molar-refractivity contribution is 7.89. The summed E-state index contributed by atoms with van der Waals surface area (Å²) < 4.78 is 40.1. The van der Waals surface area contributed by atoms with Crippen LogP contribution in [0.2, 0.25) is 0 Å². The molecule has 0 aromatic heterocycles. The number of quaternary nitrogens is 1. The molecule has 0 saturated carbocycles. The lowest BCUT2D eigenvalue weighted by Crippen LogP contribution is -3.13. The van der Waals surface area contributed by atoms with Gasteiger partial charge in [-0.2, -0.15) is 4.31 Å². The summed E-state index contributed by atoms with van der Waals surface area (Å²) in [5.41, 5.74) is 0. The number of nitrogens with one attached hydrogen (secondary N) is 2. The monoisotopic (exact) mass is 412 g/mol. The maximum absolute atomic E-state index is 13.1. The zero-order valence-electron chi connectivity index (χ0n) is 16.5. The molecule has 1 atom stereocenters. The van der Waals surface area contributed by atoms with E-state index in [1.165, 1.54) is 29.4 Å². The maximum atomic E-state index is 13.1. The minimum atomic E-state index is -3.71. The third-order valence-electron chi connectivity index (χ3n) is 5.85. The molecule has 0 aliphatic carbocycles. The SMILES string of the molecule is CCC[NH+]1CCC(NC(=O)[C@@H]2CCCN(S(=O)(=O)c3ccc(F)cc3)C2)CC1. The molecule has 2 N–H and O–H groups in total. The summed E-state index contributed by atoms with van der Waals surface area (Å²) in [6, 6.07) is 5.04. The van der Waals surface area contributed by atoms with Gasteiger partial charge >= 0.3 is 0 Å². The molecule has 6 nitrogen and oxygen atoms in total. The van der Waals surface area contributed by atoms with E-state index in [1.54, 1.807) is 4.90 Å². The summed E-state index contributed by atoms with van der Waals surface area (Å²) in [7, 11) is -3.71. The first kappa shape index (κ1) is 21.2. The van der Waals surface area contributed by atoms with Crippen molar-refractivity contribution in [3.8, 4) is 0 Å². The molecule has 2 aliphatic rings. The Bertz CT molecular complexity index is 761. The number of hydrogen-bond donors (Lipinski definition) is 2. The summed E-state index contributed by atoms with van der Waals surface area (Å²) in [4.78, 5) is 14.4. The third kappa shape index (κ3) is 5.10. The topological polar surface area (TPSA) is 70.9 Å². The summed E-state index contributed by atoms with van der Waals surface area (Å²) in [5, 5.41) is 3.15. The van der Waals surface area contributed by atoms with Crippen molar-refractivity contribution in [3.63, 3.8) is 0 Å². The van der Waals surface area contributed by atoms with Crippen molar-refractivity contribution in [1.82, 2.24) is 9.62 Å². The molecule has 2 fully saturated rings. The Kier molecular flexibility index (Phi) is 7.06. The number of halogens is 1. The lowest BCUT2D eigenvalue weighted by molar-refractivity contribution is -0.905. The quantitative estimate of drug-likeness (QED) is 0.726.